The molecule has 0 radical (unpaired) electrons. The third-order valence-corrected chi connectivity index (χ3v) is 6.15. The highest BCUT2D eigenvalue weighted by Crippen LogP contribution is 2.32. The Bertz CT molecular complexity index is 1120. The molecular formula is C21H21F3N6O2S. The molecule has 174 valence electrons. The van der Waals surface area contributed by atoms with Crippen LogP contribution in [0.5, 0.6) is 5.75 Å². The molecule has 2 aromatic carbocycles. The van der Waals surface area contributed by atoms with E-state index in [9.17, 15) is 18.0 Å². The molecule has 4 rings (SSSR count). The summed E-state index contributed by atoms with van der Waals surface area (Å²) < 4.78 is 45.8. The highest BCUT2D eigenvalue weighted by molar-refractivity contribution is 7.99. The van der Waals surface area contributed by atoms with Crippen LogP contribution < -0.4 is 9.64 Å². The van der Waals surface area contributed by atoms with Crippen LogP contribution in [0.2, 0.25) is 0 Å². The molecule has 2 heterocycles. The SMILES string of the molecule is COc1ccccc1-n1nnnc1SCC(=O)N1CCN(c2cccc(C(F)(F)F)c2)CC1. The number of rotatable bonds is 6. The number of carbonyl (C=O) groups is 1. The van der Waals surface area contributed by atoms with Crippen LogP contribution in [0.15, 0.2) is 53.7 Å². The van der Waals surface area contributed by atoms with E-state index in [-0.39, 0.29) is 11.7 Å². The quantitative estimate of drug-likeness (QED) is 0.504. The van der Waals surface area contributed by atoms with Crippen molar-refractivity contribution in [2.45, 2.75) is 11.3 Å². The number of tetrazole rings is 1. The smallest absolute Gasteiger partial charge is 0.416 e. The van der Waals surface area contributed by atoms with Crippen molar-refractivity contribution in [2.24, 2.45) is 0 Å². The zero-order valence-corrected chi connectivity index (χ0v) is 18.5. The lowest BCUT2D eigenvalue weighted by Gasteiger charge is -2.36. The van der Waals surface area contributed by atoms with Crippen molar-refractivity contribution in [3.05, 3.63) is 54.1 Å². The van der Waals surface area contributed by atoms with Gasteiger partial charge in [0.2, 0.25) is 11.1 Å². The fourth-order valence-corrected chi connectivity index (χ4v) is 4.32. The lowest BCUT2D eigenvalue weighted by molar-refractivity contribution is -0.137. The number of nitrogens with zero attached hydrogens (tertiary/aromatic N) is 6. The van der Waals surface area contributed by atoms with Crippen molar-refractivity contribution in [3.8, 4) is 11.4 Å². The van der Waals surface area contributed by atoms with Gasteiger partial charge in [-0.15, -0.1) is 5.10 Å². The number of hydrogen-bond acceptors (Lipinski definition) is 7. The number of piperazine rings is 1. The summed E-state index contributed by atoms with van der Waals surface area (Å²) in [6.45, 7) is 1.76. The number of anilines is 1. The molecular weight excluding hydrogens is 457 g/mol. The van der Waals surface area contributed by atoms with Crippen LogP contribution in [0.1, 0.15) is 5.56 Å². The monoisotopic (exact) mass is 478 g/mol. The lowest BCUT2D eigenvalue weighted by Crippen LogP contribution is -2.49. The van der Waals surface area contributed by atoms with E-state index in [2.05, 4.69) is 15.5 Å². The average Bonchev–Trinajstić information content (AvgIpc) is 3.30. The van der Waals surface area contributed by atoms with Gasteiger partial charge in [0.25, 0.3) is 0 Å². The first kappa shape index (κ1) is 22.9. The van der Waals surface area contributed by atoms with Gasteiger partial charge in [-0.25, -0.2) is 0 Å². The third-order valence-electron chi connectivity index (χ3n) is 5.25. The highest BCUT2D eigenvalue weighted by Gasteiger charge is 2.31. The second-order valence-electron chi connectivity index (χ2n) is 7.25. The van der Waals surface area contributed by atoms with Crippen molar-refractivity contribution in [1.82, 2.24) is 25.1 Å². The van der Waals surface area contributed by atoms with Crippen molar-refractivity contribution in [3.63, 3.8) is 0 Å². The first-order valence-corrected chi connectivity index (χ1v) is 11.1. The standard InChI is InChI=1S/C21H21F3N6O2S/c1-32-18-8-3-2-7-17(18)30-20(25-26-27-30)33-14-19(31)29-11-9-28(10-12-29)16-6-4-5-15(13-16)21(22,23)24/h2-8,13H,9-12,14H2,1H3. The Balaban J connectivity index is 1.34. The number of thioether (sulfide) groups is 1. The van der Waals surface area contributed by atoms with Crippen LogP contribution in [0.4, 0.5) is 18.9 Å². The summed E-state index contributed by atoms with van der Waals surface area (Å²) in [5.74, 6) is 0.654. The molecule has 0 atom stereocenters. The van der Waals surface area contributed by atoms with Gasteiger partial charge in [0.15, 0.2) is 0 Å². The number of ether oxygens (including phenoxy) is 1. The Morgan fingerprint density at radius 3 is 2.58 bits per heavy atom. The van der Waals surface area contributed by atoms with Gasteiger partial charge in [-0.05, 0) is 40.8 Å². The number of halogens is 3. The first-order valence-electron chi connectivity index (χ1n) is 10.1. The average molecular weight is 479 g/mol. The molecule has 0 N–H and O–H groups in total. The van der Waals surface area contributed by atoms with Crippen LogP contribution >= 0.6 is 11.8 Å². The molecule has 8 nitrogen and oxygen atoms in total. The normalized spacial score (nSPS) is 14.4. The number of carbonyl (C=O) groups excluding carboxylic acids is 1. The summed E-state index contributed by atoms with van der Waals surface area (Å²) in [5.41, 5.74) is 0.486. The number of para-hydroxylation sites is 2. The maximum atomic E-state index is 13.0. The van der Waals surface area contributed by atoms with Gasteiger partial charge in [-0.3, -0.25) is 4.79 Å². The molecule has 1 aromatic heterocycles. The molecule has 1 fully saturated rings. The van der Waals surface area contributed by atoms with E-state index >= 15 is 0 Å². The molecule has 1 saturated heterocycles. The Kier molecular flexibility index (Phi) is 6.72. The van der Waals surface area contributed by atoms with Gasteiger partial charge < -0.3 is 14.5 Å². The van der Waals surface area contributed by atoms with E-state index in [4.69, 9.17) is 4.74 Å². The molecule has 0 unspecified atom stereocenters. The van der Waals surface area contributed by atoms with Crippen molar-refractivity contribution >= 4 is 23.4 Å². The van der Waals surface area contributed by atoms with Gasteiger partial charge in [0.05, 0.1) is 18.4 Å². The Morgan fingerprint density at radius 1 is 1.09 bits per heavy atom. The minimum Gasteiger partial charge on any atom is -0.494 e. The van der Waals surface area contributed by atoms with E-state index in [0.29, 0.717) is 48.5 Å². The molecule has 12 heteroatoms. The zero-order valence-electron chi connectivity index (χ0n) is 17.7. The van der Waals surface area contributed by atoms with E-state index in [1.54, 1.807) is 24.1 Å². The fourth-order valence-electron chi connectivity index (χ4n) is 3.54. The minimum absolute atomic E-state index is 0.0849. The number of aromatic nitrogens is 4. The minimum atomic E-state index is -4.38. The van der Waals surface area contributed by atoms with E-state index in [0.717, 1.165) is 12.1 Å². The summed E-state index contributed by atoms with van der Waals surface area (Å²) in [7, 11) is 1.55. The van der Waals surface area contributed by atoms with Gasteiger partial charge in [-0.1, -0.05) is 30.0 Å². The van der Waals surface area contributed by atoms with Crippen LogP contribution in [0.25, 0.3) is 5.69 Å². The van der Waals surface area contributed by atoms with Gasteiger partial charge in [0, 0.05) is 31.9 Å². The fraction of sp³-hybridized carbons (Fsp3) is 0.333. The van der Waals surface area contributed by atoms with Gasteiger partial charge in [-0.2, -0.15) is 17.9 Å². The molecule has 1 aliphatic heterocycles. The van der Waals surface area contributed by atoms with Crippen LogP contribution in [0, 0.1) is 0 Å². The Labute approximate surface area is 192 Å². The molecule has 33 heavy (non-hydrogen) atoms. The second kappa shape index (κ2) is 9.69. The molecule has 0 spiro atoms. The van der Waals surface area contributed by atoms with Crippen LogP contribution in [0.3, 0.4) is 0 Å². The molecule has 1 aliphatic rings. The van der Waals surface area contributed by atoms with Crippen molar-refractivity contribution in [2.75, 3.05) is 43.9 Å². The van der Waals surface area contributed by atoms with Gasteiger partial charge in [0.1, 0.15) is 11.4 Å². The van der Waals surface area contributed by atoms with E-state index < -0.39 is 11.7 Å². The van der Waals surface area contributed by atoms with Crippen LogP contribution in [-0.2, 0) is 11.0 Å². The van der Waals surface area contributed by atoms with Gasteiger partial charge >= 0.3 is 6.18 Å². The summed E-state index contributed by atoms with van der Waals surface area (Å²) in [4.78, 5) is 16.3. The first-order chi connectivity index (χ1) is 15.9. The summed E-state index contributed by atoms with van der Waals surface area (Å²) in [5, 5.41) is 12.2. The second-order valence-corrected chi connectivity index (χ2v) is 8.19. The van der Waals surface area contributed by atoms with Crippen LogP contribution in [-0.4, -0.2) is 70.1 Å². The zero-order chi connectivity index (χ0) is 23.4. The lowest BCUT2D eigenvalue weighted by atomic mass is 10.1. The van der Waals surface area contributed by atoms with Crippen molar-refractivity contribution in [1.29, 1.82) is 0 Å². The molecule has 1 amide bonds. The number of hydrogen-bond donors (Lipinski definition) is 0. The molecule has 0 saturated carbocycles. The molecule has 3 aromatic rings. The summed E-state index contributed by atoms with van der Waals surface area (Å²) in [6.07, 6.45) is -4.38. The summed E-state index contributed by atoms with van der Waals surface area (Å²) in [6, 6.07) is 12.5. The Hall–Kier alpha value is -3.28. The van der Waals surface area contributed by atoms with E-state index in [1.807, 2.05) is 23.1 Å². The van der Waals surface area contributed by atoms with Crippen molar-refractivity contribution < 1.29 is 22.7 Å². The third kappa shape index (κ3) is 5.21. The summed E-state index contributed by atoms with van der Waals surface area (Å²) >= 11 is 1.21. The molecule has 0 aliphatic carbocycles. The largest absolute Gasteiger partial charge is 0.494 e. The number of benzene rings is 2. The topological polar surface area (TPSA) is 76.4 Å². The van der Waals surface area contributed by atoms with E-state index in [1.165, 1.54) is 22.5 Å². The number of amides is 1. The predicted molar refractivity (Wildman–Crippen MR) is 117 cm³/mol. The maximum Gasteiger partial charge on any atom is 0.416 e. The maximum absolute atomic E-state index is 13.0. The number of alkyl halides is 3. The molecule has 0 bridgehead atoms. The predicted octanol–water partition coefficient (Wildman–Crippen LogP) is 3.13. The number of methoxy groups -OCH3 is 1. The Morgan fingerprint density at radius 2 is 1.85 bits per heavy atom. The highest BCUT2D eigenvalue weighted by atomic mass is 32.2.